The van der Waals surface area contributed by atoms with Gasteiger partial charge in [0, 0.05) is 25.8 Å². The van der Waals surface area contributed by atoms with Crippen molar-refractivity contribution in [1.29, 1.82) is 0 Å². The number of hydrogen-bond acceptors (Lipinski definition) is 6. The normalized spacial score (nSPS) is 10.9. The van der Waals surface area contributed by atoms with Crippen molar-refractivity contribution in [3.05, 3.63) is 60.0 Å². The largest absolute Gasteiger partial charge is 0.324 e. The number of carbonyl (C=O) groups is 1. The maximum atomic E-state index is 13.1. The zero-order valence-electron chi connectivity index (χ0n) is 15.7. The first-order chi connectivity index (χ1) is 13.5. The molecule has 146 valence electrons. The zero-order valence-corrected chi connectivity index (χ0v) is 16.5. The molecule has 0 bridgehead atoms. The van der Waals surface area contributed by atoms with Gasteiger partial charge in [0.25, 0.3) is 0 Å². The second kappa shape index (κ2) is 9.34. The van der Waals surface area contributed by atoms with Gasteiger partial charge in [0.1, 0.15) is 11.5 Å². The van der Waals surface area contributed by atoms with E-state index in [1.54, 1.807) is 23.2 Å². The number of benzene rings is 1. The first kappa shape index (κ1) is 19.8. The van der Waals surface area contributed by atoms with E-state index in [0.717, 1.165) is 5.56 Å². The lowest BCUT2D eigenvalue weighted by atomic mass is 10.2. The third kappa shape index (κ3) is 5.54. The van der Waals surface area contributed by atoms with Gasteiger partial charge in [-0.15, -0.1) is 10.2 Å². The molecule has 0 fully saturated rings. The maximum Gasteiger partial charge on any atom is 0.324 e. The van der Waals surface area contributed by atoms with Crippen LogP contribution in [0.25, 0.3) is 10.7 Å². The molecule has 0 spiro atoms. The summed E-state index contributed by atoms with van der Waals surface area (Å²) in [6, 6.07) is 11.4. The number of carbonyl (C=O) groups excluding carboxylic acids is 1. The van der Waals surface area contributed by atoms with Crippen molar-refractivity contribution in [2.45, 2.75) is 6.54 Å². The molecule has 0 atom stereocenters. The summed E-state index contributed by atoms with van der Waals surface area (Å²) in [6.45, 7) is 1.58. The van der Waals surface area contributed by atoms with Gasteiger partial charge in [0.2, 0.25) is 5.13 Å². The summed E-state index contributed by atoms with van der Waals surface area (Å²) in [5.74, 6) is -0.302. The number of urea groups is 1. The molecule has 0 aliphatic rings. The molecule has 3 rings (SSSR count). The summed E-state index contributed by atoms with van der Waals surface area (Å²) in [7, 11) is 3.88. The van der Waals surface area contributed by atoms with Crippen LogP contribution in [0.15, 0.2) is 48.7 Å². The molecule has 1 aromatic carbocycles. The number of amides is 2. The molecule has 0 unspecified atom stereocenters. The molecule has 0 aliphatic heterocycles. The molecule has 0 saturated carbocycles. The van der Waals surface area contributed by atoms with E-state index in [1.165, 1.54) is 23.5 Å². The van der Waals surface area contributed by atoms with Crippen LogP contribution in [0.3, 0.4) is 0 Å². The van der Waals surface area contributed by atoms with E-state index in [4.69, 9.17) is 0 Å². The Morgan fingerprint density at radius 1 is 1.11 bits per heavy atom. The highest BCUT2D eigenvalue weighted by Crippen LogP contribution is 2.24. The fourth-order valence-electron chi connectivity index (χ4n) is 2.42. The molecule has 2 heterocycles. The minimum Gasteiger partial charge on any atom is -0.319 e. The van der Waals surface area contributed by atoms with Crippen molar-refractivity contribution < 1.29 is 9.18 Å². The summed E-state index contributed by atoms with van der Waals surface area (Å²) in [4.78, 5) is 20.7. The second-order valence-corrected chi connectivity index (χ2v) is 7.39. The van der Waals surface area contributed by atoms with Gasteiger partial charge in [0.15, 0.2) is 5.01 Å². The Morgan fingerprint density at radius 3 is 2.57 bits per heavy atom. The summed E-state index contributed by atoms with van der Waals surface area (Å²) in [6.07, 6.45) is 1.68. The van der Waals surface area contributed by atoms with Crippen LogP contribution in [0.2, 0.25) is 0 Å². The quantitative estimate of drug-likeness (QED) is 0.658. The number of anilines is 1. The molecule has 2 amide bonds. The minimum atomic E-state index is -0.302. The van der Waals surface area contributed by atoms with Gasteiger partial charge >= 0.3 is 6.03 Å². The number of halogens is 1. The minimum absolute atomic E-state index is 0.283. The third-order valence-corrected chi connectivity index (χ3v) is 4.78. The molecule has 1 N–H and O–H groups in total. The Morgan fingerprint density at radius 2 is 1.89 bits per heavy atom. The summed E-state index contributed by atoms with van der Waals surface area (Å²) < 4.78 is 13.1. The molecule has 3 aromatic rings. The molecule has 7 nitrogen and oxygen atoms in total. The monoisotopic (exact) mass is 400 g/mol. The molecular weight excluding hydrogens is 379 g/mol. The lowest BCUT2D eigenvalue weighted by molar-refractivity contribution is 0.202. The average Bonchev–Trinajstić information content (AvgIpc) is 3.15. The van der Waals surface area contributed by atoms with Crippen LogP contribution in [0.4, 0.5) is 14.3 Å². The predicted molar refractivity (Wildman–Crippen MR) is 108 cm³/mol. The summed E-state index contributed by atoms with van der Waals surface area (Å²) >= 11 is 1.26. The number of likely N-dealkylation sites (N-methyl/N-ethyl adjacent to an activating group) is 1. The molecule has 9 heteroatoms. The summed E-state index contributed by atoms with van der Waals surface area (Å²) in [5, 5.41) is 12.0. The lowest BCUT2D eigenvalue weighted by Crippen LogP contribution is -2.39. The van der Waals surface area contributed by atoms with E-state index >= 15 is 0 Å². The van der Waals surface area contributed by atoms with E-state index in [1.807, 2.05) is 37.2 Å². The fourth-order valence-corrected chi connectivity index (χ4v) is 3.13. The number of aromatic nitrogens is 3. The standard InChI is InChI=1S/C19H21FN6OS/c1-25(2)11-12-26(13-14-6-8-15(20)9-7-14)19(27)22-18-24-23-17(28-18)16-5-3-4-10-21-16/h3-10H,11-13H2,1-2H3,(H,22,24,27). The zero-order chi connectivity index (χ0) is 19.9. The van der Waals surface area contributed by atoms with Gasteiger partial charge in [0.05, 0.1) is 0 Å². The van der Waals surface area contributed by atoms with Crippen molar-refractivity contribution in [2.75, 3.05) is 32.5 Å². The fraction of sp³-hybridized carbons (Fsp3) is 0.263. The number of rotatable bonds is 7. The van der Waals surface area contributed by atoms with E-state index in [2.05, 4.69) is 20.5 Å². The van der Waals surface area contributed by atoms with Crippen LogP contribution in [0.1, 0.15) is 5.56 Å². The average molecular weight is 400 g/mol. The molecule has 0 aliphatic carbocycles. The Bertz CT molecular complexity index is 900. The van der Waals surface area contributed by atoms with Crippen molar-refractivity contribution in [3.8, 4) is 10.7 Å². The molecule has 0 radical (unpaired) electrons. The summed E-state index contributed by atoms with van der Waals surface area (Å²) in [5.41, 5.74) is 1.55. The molecule has 2 aromatic heterocycles. The van der Waals surface area contributed by atoms with Gasteiger partial charge in [-0.05, 0) is 43.9 Å². The van der Waals surface area contributed by atoms with Gasteiger partial charge in [-0.3, -0.25) is 10.3 Å². The Balaban J connectivity index is 1.69. The highest BCUT2D eigenvalue weighted by molar-refractivity contribution is 7.18. The van der Waals surface area contributed by atoms with E-state index in [0.29, 0.717) is 35.5 Å². The number of nitrogens with zero attached hydrogens (tertiary/aromatic N) is 5. The third-order valence-electron chi connectivity index (χ3n) is 3.91. The molecular formula is C19H21FN6OS. The van der Waals surface area contributed by atoms with Crippen LogP contribution >= 0.6 is 11.3 Å². The highest BCUT2D eigenvalue weighted by atomic mass is 32.1. The number of hydrogen-bond donors (Lipinski definition) is 1. The van der Waals surface area contributed by atoms with Crippen LogP contribution in [-0.2, 0) is 6.54 Å². The van der Waals surface area contributed by atoms with Crippen molar-refractivity contribution in [3.63, 3.8) is 0 Å². The van der Waals surface area contributed by atoms with Gasteiger partial charge in [-0.25, -0.2) is 9.18 Å². The molecule has 0 saturated heterocycles. The number of nitrogens with one attached hydrogen (secondary N) is 1. The Hall–Kier alpha value is -2.91. The van der Waals surface area contributed by atoms with Crippen LogP contribution in [0, 0.1) is 5.82 Å². The van der Waals surface area contributed by atoms with Gasteiger partial charge in [-0.2, -0.15) is 0 Å². The highest BCUT2D eigenvalue weighted by Gasteiger charge is 2.17. The number of pyridine rings is 1. The van der Waals surface area contributed by atoms with E-state index in [9.17, 15) is 9.18 Å². The predicted octanol–water partition coefficient (Wildman–Crippen LogP) is 3.33. The van der Waals surface area contributed by atoms with Crippen LogP contribution in [-0.4, -0.2) is 58.2 Å². The van der Waals surface area contributed by atoms with Crippen LogP contribution < -0.4 is 5.32 Å². The lowest BCUT2D eigenvalue weighted by Gasteiger charge is -2.24. The van der Waals surface area contributed by atoms with Gasteiger partial charge < -0.3 is 9.80 Å². The smallest absolute Gasteiger partial charge is 0.319 e. The van der Waals surface area contributed by atoms with Crippen molar-refractivity contribution in [2.24, 2.45) is 0 Å². The Kier molecular flexibility index (Phi) is 6.62. The van der Waals surface area contributed by atoms with Crippen LogP contribution in [0.5, 0.6) is 0 Å². The van der Waals surface area contributed by atoms with Crippen molar-refractivity contribution >= 4 is 22.5 Å². The Labute approximate surface area is 166 Å². The van der Waals surface area contributed by atoms with Crippen molar-refractivity contribution in [1.82, 2.24) is 25.0 Å². The van der Waals surface area contributed by atoms with Gasteiger partial charge in [-0.1, -0.05) is 29.5 Å². The SMILES string of the molecule is CN(C)CCN(Cc1ccc(F)cc1)C(=O)Nc1nnc(-c2ccccn2)s1. The first-order valence-corrected chi connectivity index (χ1v) is 9.53. The maximum absolute atomic E-state index is 13.1. The van der Waals surface area contributed by atoms with E-state index < -0.39 is 0 Å². The first-order valence-electron chi connectivity index (χ1n) is 8.71. The topological polar surface area (TPSA) is 74.2 Å². The van der Waals surface area contributed by atoms with E-state index in [-0.39, 0.29) is 11.8 Å². The molecule has 28 heavy (non-hydrogen) atoms. The second-order valence-electron chi connectivity index (χ2n) is 6.41.